The third kappa shape index (κ3) is 7.20. The Labute approximate surface area is 215 Å². The maximum atomic E-state index is 13.1. The second kappa shape index (κ2) is 12.1. The van der Waals surface area contributed by atoms with Crippen LogP contribution in [-0.2, 0) is 19.1 Å². The lowest BCUT2D eigenvalue weighted by molar-refractivity contribution is -0.170. The first-order chi connectivity index (χ1) is 17.0. The van der Waals surface area contributed by atoms with Crippen molar-refractivity contribution in [2.75, 3.05) is 50.8 Å². The average molecular weight is 502 g/mol. The van der Waals surface area contributed by atoms with E-state index >= 15 is 0 Å². The molecule has 200 valence electrons. The van der Waals surface area contributed by atoms with Gasteiger partial charge in [0.1, 0.15) is 17.5 Å². The number of hydrogen-bond donors (Lipinski definition) is 2. The zero-order chi connectivity index (χ0) is 26.5. The molecular weight excluding hydrogens is 458 g/mol. The van der Waals surface area contributed by atoms with Crippen LogP contribution in [0.5, 0.6) is 0 Å². The van der Waals surface area contributed by atoms with E-state index in [1.165, 1.54) is 0 Å². The molecule has 3 N–H and O–H groups in total. The average Bonchev–Trinajstić information content (AvgIpc) is 2.84. The highest BCUT2D eigenvalue weighted by atomic mass is 16.6. The number of piperidine rings is 1. The van der Waals surface area contributed by atoms with Crippen molar-refractivity contribution in [2.45, 2.75) is 65.1 Å². The van der Waals surface area contributed by atoms with Gasteiger partial charge in [0.05, 0.1) is 12.5 Å². The Kier molecular flexibility index (Phi) is 9.35. The summed E-state index contributed by atoms with van der Waals surface area (Å²) in [6, 6.07) is 7.69. The van der Waals surface area contributed by atoms with Crippen LogP contribution in [0.1, 0.15) is 53.0 Å². The number of likely N-dealkylation sites (tertiary alicyclic amines) is 1. The smallest absolute Gasteiger partial charge is 0.324 e. The van der Waals surface area contributed by atoms with Crippen LogP contribution in [-0.4, -0.2) is 91.1 Å². The lowest BCUT2D eigenvalue weighted by atomic mass is 9.95. The van der Waals surface area contributed by atoms with Crippen molar-refractivity contribution >= 4 is 23.5 Å². The zero-order valence-corrected chi connectivity index (χ0v) is 22.5. The first-order valence-corrected chi connectivity index (χ1v) is 13.1. The van der Waals surface area contributed by atoms with Crippen LogP contribution in [0.4, 0.5) is 5.69 Å². The van der Waals surface area contributed by atoms with Crippen LogP contribution >= 0.6 is 0 Å². The maximum absolute atomic E-state index is 13.1. The molecule has 0 bridgehead atoms. The summed E-state index contributed by atoms with van der Waals surface area (Å²) < 4.78 is 10.9. The SMILES string of the molecule is CCOC(=O)C(C)C(C(=O)OC(C)(C)C)N1CCC(N2CCN(c3ccc(C(=N)N)cc3)CC2)CC1. The standard InChI is InChI=1S/C27H43N5O4/c1-6-35-25(33)19(2)23(26(34)36-27(3,4)5)32-13-11-22(12-14-32)31-17-15-30(16-18-31)21-9-7-20(8-10-21)24(28)29/h7-10,19,22-23H,6,11-18H2,1-5H3,(H3,28,29). The fourth-order valence-electron chi connectivity index (χ4n) is 5.16. The number of nitrogens with one attached hydrogen (secondary N) is 1. The molecule has 0 saturated carbocycles. The predicted molar refractivity (Wildman–Crippen MR) is 141 cm³/mol. The fraction of sp³-hybridized carbons (Fsp3) is 0.667. The molecule has 0 aromatic heterocycles. The van der Waals surface area contributed by atoms with Gasteiger partial charge in [-0.05, 0) is 71.7 Å². The van der Waals surface area contributed by atoms with Crippen molar-refractivity contribution in [1.82, 2.24) is 9.80 Å². The quantitative estimate of drug-likeness (QED) is 0.317. The van der Waals surface area contributed by atoms with Crippen molar-refractivity contribution in [3.8, 4) is 0 Å². The minimum absolute atomic E-state index is 0.0864. The van der Waals surface area contributed by atoms with Crippen molar-refractivity contribution in [2.24, 2.45) is 11.7 Å². The van der Waals surface area contributed by atoms with Crippen LogP contribution < -0.4 is 10.6 Å². The Bertz CT molecular complexity index is 898. The molecule has 0 radical (unpaired) electrons. The zero-order valence-electron chi connectivity index (χ0n) is 22.5. The summed E-state index contributed by atoms with van der Waals surface area (Å²) in [5.41, 5.74) is 6.85. The molecule has 2 unspecified atom stereocenters. The van der Waals surface area contributed by atoms with Crippen molar-refractivity contribution in [3.63, 3.8) is 0 Å². The monoisotopic (exact) mass is 501 g/mol. The summed E-state index contributed by atoms with van der Waals surface area (Å²) in [6.45, 7) is 14.7. The van der Waals surface area contributed by atoms with Gasteiger partial charge in [-0.2, -0.15) is 0 Å². The van der Waals surface area contributed by atoms with E-state index in [2.05, 4.69) is 14.7 Å². The number of nitrogens with two attached hydrogens (primary N) is 1. The maximum Gasteiger partial charge on any atom is 0.324 e. The second-order valence-corrected chi connectivity index (χ2v) is 10.8. The third-order valence-electron chi connectivity index (χ3n) is 7.05. The number of amidine groups is 1. The summed E-state index contributed by atoms with van der Waals surface area (Å²) in [5, 5.41) is 7.56. The molecule has 1 aromatic carbocycles. The van der Waals surface area contributed by atoms with Gasteiger partial charge in [-0.15, -0.1) is 0 Å². The summed E-state index contributed by atoms with van der Waals surface area (Å²) >= 11 is 0. The number of nitrogens with zero attached hydrogens (tertiary/aromatic N) is 3. The number of hydrogen-bond acceptors (Lipinski definition) is 8. The Balaban J connectivity index is 1.57. The van der Waals surface area contributed by atoms with E-state index in [1.54, 1.807) is 13.8 Å². The molecule has 0 aliphatic carbocycles. The van der Waals surface area contributed by atoms with E-state index in [0.717, 1.165) is 63.4 Å². The molecule has 0 amide bonds. The van der Waals surface area contributed by atoms with Gasteiger partial charge in [0.15, 0.2) is 0 Å². The minimum Gasteiger partial charge on any atom is -0.466 e. The van der Waals surface area contributed by atoms with Gasteiger partial charge < -0.3 is 20.1 Å². The van der Waals surface area contributed by atoms with Crippen LogP contribution in [0.15, 0.2) is 24.3 Å². The molecule has 2 saturated heterocycles. The fourth-order valence-corrected chi connectivity index (χ4v) is 5.16. The first-order valence-electron chi connectivity index (χ1n) is 13.1. The number of benzene rings is 1. The minimum atomic E-state index is -0.640. The molecule has 2 heterocycles. The molecule has 2 aliphatic rings. The van der Waals surface area contributed by atoms with Gasteiger partial charge in [0, 0.05) is 56.6 Å². The Hall–Kier alpha value is -2.65. The largest absolute Gasteiger partial charge is 0.466 e. The van der Waals surface area contributed by atoms with E-state index in [1.807, 2.05) is 45.0 Å². The number of ether oxygens (including phenoxy) is 2. The molecule has 2 atom stereocenters. The molecule has 36 heavy (non-hydrogen) atoms. The highest BCUT2D eigenvalue weighted by Gasteiger charge is 2.41. The van der Waals surface area contributed by atoms with Crippen molar-refractivity contribution in [1.29, 1.82) is 5.41 Å². The van der Waals surface area contributed by atoms with Crippen LogP contribution in [0, 0.1) is 11.3 Å². The first kappa shape index (κ1) is 27.9. The van der Waals surface area contributed by atoms with Gasteiger partial charge in [-0.3, -0.25) is 24.8 Å². The third-order valence-corrected chi connectivity index (χ3v) is 7.05. The van der Waals surface area contributed by atoms with Crippen molar-refractivity contribution in [3.05, 3.63) is 29.8 Å². The van der Waals surface area contributed by atoms with E-state index in [0.29, 0.717) is 12.6 Å². The molecule has 9 heteroatoms. The molecule has 3 rings (SSSR count). The van der Waals surface area contributed by atoms with Gasteiger partial charge in [0.2, 0.25) is 0 Å². The Morgan fingerprint density at radius 1 is 1.03 bits per heavy atom. The lowest BCUT2D eigenvalue weighted by Crippen LogP contribution is -2.57. The van der Waals surface area contributed by atoms with E-state index in [-0.39, 0.29) is 17.8 Å². The normalized spacial score (nSPS) is 20.0. The van der Waals surface area contributed by atoms with Crippen molar-refractivity contribution < 1.29 is 19.1 Å². The number of carbonyl (C=O) groups excluding carboxylic acids is 2. The molecule has 2 fully saturated rings. The highest BCUT2D eigenvalue weighted by molar-refractivity contribution is 5.95. The summed E-state index contributed by atoms with van der Waals surface area (Å²) in [7, 11) is 0. The van der Waals surface area contributed by atoms with Crippen LogP contribution in [0.25, 0.3) is 0 Å². The van der Waals surface area contributed by atoms with Gasteiger partial charge in [-0.1, -0.05) is 0 Å². The summed E-state index contributed by atoms with van der Waals surface area (Å²) in [6.07, 6.45) is 1.89. The Morgan fingerprint density at radius 3 is 2.11 bits per heavy atom. The van der Waals surface area contributed by atoms with E-state index < -0.39 is 17.6 Å². The molecular formula is C27H43N5O4. The topological polar surface area (TPSA) is 112 Å². The summed E-state index contributed by atoms with van der Waals surface area (Å²) in [4.78, 5) is 32.7. The highest BCUT2D eigenvalue weighted by Crippen LogP contribution is 2.26. The predicted octanol–water partition coefficient (Wildman–Crippen LogP) is 2.47. The van der Waals surface area contributed by atoms with Gasteiger partial charge in [-0.25, -0.2) is 0 Å². The number of esters is 2. The van der Waals surface area contributed by atoms with Gasteiger partial charge >= 0.3 is 11.9 Å². The Morgan fingerprint density at radius 2 is 1.61 bits per heavy atom. The molecule has 0 spiro atoms. The number of nitrogen functional groups attached to an aromatic ring is 1. The molecule has 9 nitrogen and oxygen atoms in total. The van der Waals surface area contributed by atoms with E-state index in [4.69, 9.17) is 20.6 Å². The number of piperazine rings is 1. The lowest BCUT2D eigenvalue weighted by Gasteiger charge is -2.45. The number of anilines is 1. The second-order valence-electron chi connectivity index (χ2n) is 10.8. The van der Waals surface area contributed by atoms with Gasteiger partial charge in [0.25, 0.3) is 0 Å². The number of rotatable bonds is 8. The van der Waals surface area contributed by atoms with Crippen LogP contribution in [0.2, 0.25) is 0 Å². The molecule has 1 aromatic rings. The van der Waals surface area contributed by atoms with E-state index in [9.17, 15) is 9.59 Å². The molecule has 2 aliphatic heterocycles. The summed E-state index contributed by atoms with van der Waals surface area (Å²) in [5.74, 6) is -1.22. The van der Waals surface area contributed by atoms with Crippen LogP contribution in [0.3, 0.4) is 0 Å². The number of carbonyl (C=O) groups is 2.